The van der Waals surface area contributed by atoms with Crippen molar-refractivity contribution >= 4 is 41.4 Å². The van der Waals surface area contributed by atoms with Crippen molar-refractivity contribution in [2.45, 2.75) is 11.7 Å². The molecule has 110 valence electrons. The van der Waals surface area contributed by atoms with Crippen LogP contribution in [0, 0.1) is 11.8 Å². The molecule has 20 heavy (non-hydrogen) atoms. The van der Waals surface area contributed by atoms with Crippen LogP contribution in [0.2, 0.25) is 0 Å². The number of fused-ring (bicyclic) bond motifs is 2. The van der Waals surface area contributed by atoms with Crippen molar-refractivity contribution in [1.29, 1.82) is 0 Å². The molecule has 2 fully saturated rings. The number of nitrogens with zero attached hydrogens (tertiary/aromatic N) is 1. The van der Waals surface area contributed by atoms with Crippen molar-refractivity contribution in [1.82, 2.24) is 10.2 Å². The first kappa shape index (κ1) is 14.7. The molecule has 3 aliphatic heterocycles. The first-order valence-electron chi connectivity index (χ1n) is 7.00. The third-order valence-electron chi connectivity index (χ3n) is 4.60. The third kappa shape index (κ3) is 2.39. The molecule has 1 unspecified atom stereocenters. The highest BCUT2D eigenvalue weighted by Gasteiger charge is 2.41. The number of likely N-dealkylation sites (tertiary alicyclic amines) is 1. The molecule has 1 N–H and O–H groups in total. The lowest BCUT2D eigenvalue weighted by Crippen LogP contribution is -2.35. The SMILES string of the molecule is Cl.O=C(C1SCCc2sccc21)N1C[C@H]2CNC[C@H]2C1. The molecular weight excluding hydrogens is 312 g/mol. The molecule has 0 saturated carbocycles. The Kier molecular flexibility index (Phi) is 4.32. The Labute approximate surface area is 133 Å². The Balaban J connectivity index is 0.00000121. The molecule has 0 spiro atoms. The van der Waals surface area contributed by atoms with Crippen molar-refractivity contribution in [3.8, 4) is 0 Å². The molecule has 3 atom stereocenters. The van der Waals surface area contributed by atoms with Crippen LogP contribution in [0.4, 0.5) is 0 Å². The highest BCUT2D eigenvalue weighted by atomic mass is 35.5. The minimum absolute atomic E-state index is 0. The van der Waals surface area contributed by atoms with Crippen LogP contribution >= 0.6 is 35.5 Å². The Morgan fingerprint density at radius 1 is 1.30 bits per heavy atom. The molecule has 4 heterocycles. The van der Waals surface area contributed by atoms with Gasteiger partial charge in [-0.05, 0) is 41.0 Å². The smallest absolute Gasteiger partial charge is 0.240 e. The van der Waals surface area contributed by atoms with Gasteiger partial charge in [0, 0.05) is 31.1 Å². The molecule has 0 bridgehead atoms. The number of hydrogen-bond donors (Lipinski definition) is 1. The molecule has 0 aliphatic carbocycles. The maximum atomic E-state index is 12.8. The Morgan fingerprint density at radius 3 is 2.80 bits per heavy atom. The fraction of sp³-hybridized carbons (Fsp3) is 0.643. The van der Waals surface area contributed by atoms with Gasteiger partial charge in [-0.1, -0.05) is 0 Å². The monoisotopic (exact) mass is 330 g/mol. The number of amides is 1. The van der Waals surface area contributed by atoms with E-state index in [9.17, 15) is 4.79 Å². The van der Waals surface area contributed by atoms with Crippen molar-refractivity contribution in [2.75, 3.05) is 31.9 Å². The zero-order valence-electron chi connectivity index (χ0n) is 11.2. The summed E-state index contributed by atoms with van der Waals surface area (Å²) in [5.41, 5.74) is 1.29. The normalized spacial score (nSPS) is 31.6. The minimum atomic E-state index is 0. The largest absolute Gasteiger partial charge is 0.341 e. The number of carbonyl (C=O) groups is 1. The van der Waals surface area contributed by atoms with Crippen LogP contribution < -0.4 is 5.32 Å². The standard InChI is InChI=1S/C14H18N2OS2.ClH/c17-14(16-7-9-5-15-6-10(9)8-16)13-11-1-3-18-12(11)2-4-19-13;/h1,3,9-10,13,15H,2,4-8H2;1H/t9-,10+,13?;. The van der Waals surface area contributed by atoms with Gasteiger partial charge in [0.05, 0.1) is 0 Å². The first-order valence-corrected chi connectivity index (χ1v) is 8.93. The van der Waals surface area contributed by atoms with Crippen LogP contribution in [0.5, 0.6) is 0 Å². The van der Waals surface area contributed by atoms with Gasteiger partial charge in [0.1, 0.15) is 5.25 Å². The quantitative estimate of drug-likeness (QED) is 0.856. The number of aryl methyl sites for hydroxylation is 1. The lowest BCUT2D eigenvalue weighted by Gasteiger charge is -2.27. The predicted molar refractivity (Wildman–Crippen MR) is 86.9 cm³/mol. The molecule has 3 aliphatic rings. The number of thioether (sulfide) groups is 1. The third-order valence-corrected chi connectivity index (χ3v) is 6.83. The van der Waals surface area contributed by atoms with E-state index >= 15 is 0 Å². The zero-order chi connectivity index (χ0) is 12.8. The van der Waals surface area contributed by atoms with Gasteiger partial charge in [-0.3, -0.25) is 4.79 Å². The summed E-state index contributed by atoms with van der Waals surface area (Å²) in [7, 11) is 0. The van der Waals surface area contributed by atoms with Crippen LogP contribution in [0.1, 0.15) is 15.7 Å². The minimum Gasteiger partial charge on any atom is -0.341 e. The molecule has 0 aromatic carbocycles. The molecule has 0 radical (unpaired) electrons. The summed E-state index contributed by atoms with van der Waals surface area (Å²) in [5, 5.41) is 5.64. The Hall–Kier alpha value is -0.230. The van der Waals surface area contributed by atoms with Gasteiger partial charge in [-0.25, -0.2) is 0 Å². The second-order valence-electron chi connectivity index (χ2n) is 5.72. The van der Waals surface area contributed by atoms with Crippen LogP contribution in [0.25, 0.3) is 0 Å². The fourth-order valence-electron chi connectivity index (χ4n) is 3.55. The molecule has 1 aromatic heterocycles. The topological polar surface area (TPSA) is 32.3 Å². The average Bonchev–Trinajstić information content (AvgIpc) is 3.11. The van der Waals surface area contributed by atoms with Crippen molar-refractivity contribution in [3.63, 3.8) is 0 Å². The van der Waals surface area contributed by atoms with E-state index in [0.29, 0.717) is 17.7 Å². The molecular formula is C14H19ClN2OS2. The van der Waals surface area contributed by atoms with E-state index in [4.69, 9.17) is 0 Å². The van der Waals surface area contributed by atoms with Gasteiger partial charge in [0.25, 0.3) is 0 Å². The number of hydrogen-bond acceptors (Lipinski definition) is 4. The van der Waals surface area contributed by atoms with E-state index in [1.807, 2.05) is 23.1 Å². The van der Waals surface area contributed by atoms with E-state index in [-0.39, 0.29) is 17.7 Å². The average molecular weight is 331 g/mol. The van der Waals surface area contributed by atoms with Crippen LogP contribution in [-0.4, -0.2) is 42.7 Å². The number of carbonyl (C=O) groups excluding carboxylic acids is 1. The molecule has 1 amide bonds. The maximum absolute atomic E-state index is 12.8. The van der Waals surface area contributed by atoms with Gasteiger partial charge in [-0.2, -0.15) is 0 Å². The van der Waals surface area contributed by atoms with E-state index in [1.54, 1.807) is 0 Å². The van der Waals surface area contributed by atoms with E-state index < -0.39 is 0 Å². The van der Waals surface area contributed by atoms with Gasteiger partial charge >= 0.3 is 0 Å². The van der Waals surface area contributed by atoms with Crippen LogP contribution in [0.3, 0.4) is 0 Å². The van der Waals surface area contributed by atoms with Crippen molar-refractivity contribution in [3.05, 3.63) is 21.9 Å². The number of nitrogens with one attached hydrogen (secondary N) is 1. The van der Waals surface area contributed by atoms with Crippen LogP contribution in [-0.2, 0) is 11.2 Å². The number of halogens is 1. The summed E-state index contributed by atoms with van der Waals surface area (Å²) in [6, 6.07) is 2.16. The van der Waals surface area contributed by atoms with Gasteiger partial charge in [0.2, 0.25) is 5.91 Å². The maximum Gasteiger partial charge on any atom is 0.240 e. The summed E-state index contributed by atoms with van der Waals surface area (Å²) in [4.78, 5) is 16.3. The highest BCUT2D eigenvalue weighted by molar-refractivity contribution is 8.00. The fourth-order valence-corrected chi connectivity index (χ4v) is 5.93. The van der Waals surface area contributed by atoms with Crippen LogP contribution in [0.15, 0.2) is 11.4 Å². The number of thiophene rings is 1. The molecule has 3 nitrogen and oxygen atoms in total. The van der Waals surface area contributed by atoms with E-state index in [1.165, 1.54) is 10.4 Å². The lowest BCUT2D eigenvalue weighted by atomic mass is 10.0. The van der Waals surface area contributed by atoms with Gasteiger partial charge in [0.15, 0.2) is 0 Å². The van der Waals surface area contributed by atoms with Gasteiger partial charge in [-0.15, -0.1) is 35.5 Å². The van der Waals surface area contributed by atoms with Crippen molar-refractivity contribution in [2.24, 2.45) is 11.8 Å². The molecule has 4 rings (SSSR count). The molecule has 2 saturated heterocycles. The summed E-state index contributed by atoms with van der Waals surface area (Å²) in [6.45, 7) is 4.12. The summed E-state index contributed by atoms with van der Waals surface area (Å²) in [5.74, 6) is 2.84. The van der Waals surface area contributed by atoms with Crippen molar-refractivity contribution < 1.29 is 4.79 Å². The zero-order valence-corrected chi connectivity index (χ0v) is 13.7. The highest BCUT2D eigenvalue weighted by Crippen LogP contribution is 2.41. The second-order valence-corrected chi connectivity index (χ2v) is 7.94. The first-order chi connectivity index (χ1) is 9.33. The molecule has 6 heteroatoms. The Morgan fingerprint density at radius 2 is 2.05 bits per heavy atom. The van der Waals surface area contributed by atoms with E-state index in [2.05, 4.69) is 21.7 Å². The lowest BCUT2D eigenvalue weighted by molar-refractivity contribution is -0.130. The van der Waals surface area contributed by atoms with E-state index in [0.717, 1.165) is 38.4 Å². The summed E-state index contributed by atoms with van der Waals surface area (Å²) in [6.07, 6.45) is 1.14. The number of rotatable bonds is 1. The summed E-state index contributed by atoms with van der Waals surface area (Å²) >= 11 is 3.65. The van der Waals surface area contributed by atoms with Gasteiger partial charge < -0.3 is 10.2 Å². The Bertz CT molecular complexity index is 495. The molecule has 1 aromatic rings. The summed E-state index contributed by atoms with van der Waals surface area (Å²) < 4.78 is 0. The second kappa shape index (κ2) is 5.87. The predicted octanol–water partition coefficient (Wildman–Crippen LogP) is 2.18.